The molecule has 2 N–H and O–H groups in total. The van der Waals surface area contributed by atoms with E-state index >= 15 is 0 Å². The number of nitrogens with two attached hydrogens (primary N) is 1. The highest BCUT2D eigenvalue weighted by atomic mass is 16.5. The van der Waals surface area contributed by atoms with Crippen molar-refractivity contribution in [2.45, 2.75) is 6.54 Å². The maximum Gasteiger partial charge on any atom is 0.132 e. The third kappa shape index (κ3) is 3.54. The van der Waals surface area contributed by atoms with Gasteiger partial charge in [0.05, 0.1) is 12.7 Å². The number of nitrogen functional groups attached to an aromatic ring is 1. The Kier molecular flexibility index (Phi) is 4.30. The fraction of sp³-hybridized carbons (Fsp3) is 0.0500. The van der Waals surface area contributed by atoms with Crippen LogP contribution in [0, 0.1) is 0 Å². The van der Waals surface area contributed by atoms with Gasteiger partial charge >= 0.3 is 0 Å². The van der Waals surface area contributed by atoms with E-state index in [1.807, 2.05) is 72.9 Å². The van der Waals surface area contributed by atoms with Crippen molar-refractivity contribution >= 4 is 5.82 Å². The molecule has 2 aromatic heterocycles. The molecule has 0 aliphatic carbocycles. The maximum absolute atomic E-state index is 5.89. The molecule has 4 rings (SSSR count). The van der Waals surface area contributed by atoms with Gasteiger partial charge in [-0.15, -0.1) is 5.10 Å². The van der Waals surface area contributed by atoms with Gasteiger partial charge in [-0.3, -0.25) is 0 Å². The van der Waals surface area contributed by atoms with Crippen molar-refractivity contribution < 1.29 is 4.74 Å². The number of aromatic nitrogens is 4. The van der Waals surface area contributed by atoms with E-state index in [2.05, 4.69) is 15.3 Å². The standard InChI is InChI=1S/C20H17N5O/c21-20-18(7-4-12-22-20)19-14-25(24-23-19)13-15-8-10-17(11-9-15)26-16-5-2-1-3-6-16/h1-12,14H,13H2,(H2,21,22). The smallest absolute Gasteiger partial charge is 0.132 e. The monoisotopic (exact) mass is 343 g/mol. The molecule has 128 valence electrons. The van der Waals surface area contributed by atoms with Gasteiger partial charge in [0.1, 0.15) is 23.0 Å². The first-order valence-electron chi connectivity index (χ1n) is 8.21. The summed E-state index contributed by atoms with van der Waals surface area (Å²) < 4.78 is 7.58. The fourth-order valence-corrected chi connectivity index (χ4v) is 2.61. The van der Waals surface area contributed by atoms with Crippen molar-refractivity contribution in [1.29, 1.82) is 0 Å². The highest BCUT2D eigenvalue weighted by Crippen LogP contribution is 2.23. The van der Waals surface area contributed by atoms with Crippen LogP contribution in [0.25, 0.3) is 11.3 Å². The lowest BCUT2D eigenvalue weighted by Gasteiger charge is -2.06. The maximum atomic E-state index is 5.89. The predicted molar refractivity (Wildman–Crippen MR) is 99.7 cm³/mol. The molecule has 4 aromatic rings. The number of nitrogens with zero attached hydrogens (tertiary/aromatic N) is 4. The molecule has 0 amide bonds. The van der Waals surface area contributed by atoms with Gasteiger partial charge in [-0.05, 0) is 42.0 Å². The van der Waals surface area contributed by atoms with Crippen molar-refractivity contribution in [2.75, 3.05) is 5.73 Å². The summed E-state index contributed by atoms with van der Waals surface area (Å²) in [6.07, 6.45) is 3.52. The van der Waals surface area contributed by atoms with Crippen LogP contribution in [0.2, 0.25) is 0 Å². The van der Waals surface area contributed by atoms with Gasteiger partial charge in [0.2, 0.25) is 0 Å². The molecular weight excluding hydrogens is 326 g/mol. The Hall–Kier alpha value is -3.67. The van der Waals surface area contributed by atoms with Crippen molar-refractivity contribution in [3.05, 3.63) is 84.7 Å². The summed E-state index contributed by atoms with van der Waals surface area (Å²) in [4.78, 5) is 4.08. The number of ether oxygens (including phenoxy) is 1. The Morgan fingerprint density at radius 2 is 1.65 bits per heavy atom. The molecule has 0 bridgehead atoms. The summed E-state index contributed by atoms with van der Waals surface area (Å²) in [7, 11) is 0. The Bertz CT molecular complexity index is 996. The van der Waals surface area contributed by atoms with Gasteiger partial charge in [-0.2, -0.15) is 0 Å². The SMILES string of the molecule is Nc1ncccc1-c1cn(Cc2ccc(Oc3ccccc3)cc2)nn1. The second-order valence-electron chi connectivity index (χ2n) is 5.80. The van der Waals surface area contributed by atoms with Gasteiger partial charge in [-0.25, -0.2) is 9.67 Å². The molecule has 0 radical (unpaired) electrons. The van der Waals surface area contributed by atoms with Crippen LogP contribution >= 0.6 is 0 Å². The van der Waals surface area contributed by atoms with Crippen molar-refractivity contribution in [3.63, 3.8) is 0 Å². The molecule has 6 heteroatoms. The Morgan fingerprint density at radius 1 is 0.885 bits per heavy atom. The quantitative estimate of drug-likeness (QED) is 0.597. The Morgan fingerprint density at radius 3 is 2.42 bits per heavy atom. The zero-order valence-electron chi connectivity index (χ0n) is 14.0. The van der Waals surface area contributed by atoms with E-state index in [-0.39, 0.29) is 0 Å². The van der Waals surface area contributed by atoms with Gasteiger partial charge in [0, 0.05) is 11.8 Å². The topological polar surface area (TPSA) is 78.8 Å². The van der Waals surface area contributed by atoms with Crippen LogP contribution in [-0.4, -0.2) is 20.0 Å². The Labute approximate surface area is 150 Å². The summed E-state index contributed by atoms with van der Waals surface area (Å²) in [5.41, 5.74) is 8.48. The first-order valence-corrected chi connectivity index (χ1v) is 8.21. The molecule has 0 unspecified atom stereocenters. The summed E-state index contributed by atoms with van der Waals surface area (Å²) >= 11 is 0. The van der Waals surface area contributed by atoms with E-state index in [4.69, 9.17) is 10.5 Å². The van der Waals surface area contributed by atoms with Gasteiger partial charge in [0.15, 0.2) is 0 Å². The zero-order chi connectivity index (χ0) is 17.8. The lowest BCUT2D eigenvalue weighted by atomic mass is 10.2. The predicted octanol–water partition coefficient (Wildman–Crippen LogP) is 3.76. The van der Waals surface area contributed by atoms with E-state index in [1.165, 1.54) is 0 Å². The average molecular weight is 343 g/mol. The lowest BCUT2D eigenvalue weighted by molar-refractivity contribution is 0.482. The average Bonchev–Trinajstić information content (AvgIpc) is 3.13. The molecule has 2 heterocycles. The zero-order valence-corrected chi connectivity index (χ0v) is 14.0. The second-order valence-corrected chi connectivity index (χ2v) is 5.80. The number of para-hydroxylation sites is 1. The highest BCUT2D eigenvalue weighted by Gasteiger charge is 2.08. The molecule has 6 nitrogen and oxygen atoms in total. The van der Waals surface area contributed by atoms with E-state index in [0.29, 0.717) is 18.1 Å². The van der Waals surface area contributed by atoms with E-state index in [1.54, 1.807) is 10.9 Å². The third-order valence-electron chi connectivity index (χ3n) is 3.90. The highest BCUT2D eigenvalue weighted by molar-refractivity contribution is 5.69. The number of hydrogen-bond acceptors (Lipinski definition) is 5. The van der Waals surface area contributed by atoms with Crippen LogP contribution in [0.1, 0.15) is 5.56 Å². The fourth-order valence-electron chi connectivity index (χ4n) is 2.61. The van der Waals surface area contributed by atoms with E-state index in [9.17, 15) is 0 Å². The number of benzene rings is 2. The van der Waals surface area contributed by atoms with Gasteiger partial charge < -0.3 is 10.5 Å². The summed E-state index contributed by atoms with van der Waals surface area (Å²) in [5, 5.41) is 8.36. The Balaban J connectivity index is 1.46. The summed E-state index contributed by atoms with van der Waals surface area (Å²) in [6.45, 7) is 0.610. The summed E-state index contributed by atoms with van der Waals surface area (Å²) in [5.74, 6) is 2.06. The minimum atomic E-state index is 0.446. The molecule has 0 aliphatic heterocycles. The third-order valence-corrected chi connectivity index (χ3v) is 3.90. The van der Waals surface area contributed by atoms with E-state index < -0.39 is 0 Å². The number of anilines is 1. The molecule has 0 spiro atoms. The normalized spacial score (nSPS) is 10.6. The second kappa shape index (κ2) is 7.06. The molecule has 0 aliphatic rings. The number of pyridine rings is 1. The molecule has 0 saturated heterocycles. The molecule has 26 heavy (non-hydrogen) atoms. The number of rotatable bonds is 5. The minimum Gasteiger partial charge on any atom is -0.457 e. The first-order chi connectivity index (χ1) is 12.8. The van der Waals surface area contributed by atoms with Gasteiger partial charge in [0.25, 0.3) is 0 Å². The summed E-state index contributed by atoms with van der Waals surface area (Å²) in [6, 6.07) is 21.3. The van der Waals surface area contributed by atoms with Crippen LogP contribution in [0.15, 0.2) is 79.1 Å². The molecular formula is C20H17N5O. The molecule has 0 atom stereocenters. The largest absolute Gasteiger partial charge is 0.457 e. The van der Waals surface area contributed by atoms with Crippen LogP contribution in [0.4, 0.5) is 5.82 Å². The van der Waals surface area contributed by atoms with E-state index in [0.717, 1.165) is 22.6 Å². The minimum absolute atomic E-state index is 0.446. The number of hydrogen-bond donors (Lipinski definition) is 1. The molecule has 0 fully saturated rings. The van der Waals surface area contributed by atoms with Crippen molar-refractivity contribution in [3.8, 4) is 22.8 Å². The molecule has 0 saturated carbocycles. The van der Waals surface area contributed by atoms with Crippen molar-refractivity contribution in [2.24, 2.45) is 0 Å². The van der Waals surface area contributed by atoms with Gasteiger partial charge in [-0.1, -0.05) is 35.5 Å². The molecule has 2 aromatic carbocycles. The van der Waals surface area contributed by atoms with Crippen LogP contribution in [-0.2, 0) is 6.54 Å². The first kappa shape index (κ1) is 15.8. The van der Waals surface area contributed by atoms with Crippen LogP contribution < -0.4 is 10.5 Å². The lowest BCUT2D eigenvalue weighted by Crippen LogP contribution is -2.00. The van der Waals surface area contributed by atoms with Crippen LogP contribution in [0.5, 0.6) is 11.5 Å². The van der Waals surface area contributed by atoms with Crippen molar-refractivity contribution in [1.82, 2.24) is 20.0 Å². The van der Waals surface area contributed by atoms with Crippen LogP contribution in [0.3, 0.4) is 0 Å².